The molecule has 0 spiro atoms. The zero-order chi connectivity index (χ0) is 16.2. The first-order chi connectivity index (χ1) is 11.2. The van der Waals surface area contributed by atoms with Crippen LogP contribution in [-0.4, -0.2) is 59.9 Å². The van der Waals surface area contributed by atoms with Crippen molar-refractivity contribution in [3.05, 3.63) is 0 Å². The van der Waals surface area contributed by atoms with Crippen molar-refractivity contribution < 1.29 is 9.59 Å². The minimum absolute atomic E-state index is 0.0496. The van der Waals surface area contributed by atoms with Gasteiger partial charge >= 0.3 is 0 Å². The van der Waals surface area contributed by atoms with E-state index in [0.29, 0.717) is 18.5 Å². The molecule has 2 amide bonds. The number of carbonyl (C=O) groups is 2. The number of hydrogen-bond acceptors (Lipinski definition) is 3. The van der Waals surface area contributed by atoms with E-state index < -0.39 is 0 Å². The second-order valence-electron chi connectivity index (χ2n) is 7.48. The molecule has 0 unspecified atom stereocenters. The third-order valence-corrected chi connectivity index (χ3v) is 6.05. The van der Waals surface area contributed by atoms with E-state index in [9.17, 15) is 9.59 Å². The number of hydrogen-bond donors (Lipinski definition) is 1. The Morgan fingerprint density at radius 1 is 1.13 bits per heavy atom. The van der Waals surface area contributed by atoms with Crippen LogP contribution in [0.15, 0.2) is 0 Å². The molecule has 1 atom stereocenters. The Balaban J connectivity index is 1.62. The van der Waals surface area contributed by atoms with Crippen LogP contribution in [0.25, 0.3) is 0 Å². The number of amides is 2. The van der Waals surface area contributed by atoms with Crippen LogP contribution in [0, 0.1) is 0 Å². The fraction of sp³-hybridized carbons (Fsp3) is 0.889. The van der Waals surface area contributed by atoms with Gasteiger partial charge in [-0.15, -0.1) is 0 Å². The maximum absolute atomic E-state index is 12.7. The second kappa shape index (κ2) is 7.65. The fourth-order valence-electron chi connectivity index (χ4n) is 4.60. The highest BCUT2D eigenvalue weighted by Crippen LogP contribution is 2.28. The normalized spacial score (nSPS) is 27.9. The summed E-state index contributed by atoms with van der Waals surface area (Å²) in [6.45, 7) is 1.61. The van der Waals surface area contributed by atoms with E-state index in [2.05, 4.69) is 10.2 Å². The summed E-state index contributed by atoms with van der Waals surface area (Å²) in [6.07, 6.45) is 11.2. The van der Waals surface area contributed by atoms with Gasteiger partial charge in [-0.25, -0.2) is 0 Å². The van der Waals surface area contributed by atoms with Crippen LogP contribution in [0.4, 0.5) is 0 Å². The summed E-state index contributed by atoms with van der Waals surface area (Å²) in [5.41, 5.74) is 0. The predicted molar refractivity (Wildman–Crippen MR) is 90.0 cm³/mol. The molecule has 1 aliphatic heterocycles. The van der Waals surface area contributed by atoms with Crippen LogP contribution < -0.4 is 5.32 Å². The molecular formula is C18H31N3O2. The number of piperazine rings is 1. The van der Waals surface area contributed by atoms with Crippen LogP contribution in [-0.2, 0) is 9.59 Å². The number of rotatable bonds is 4. The maximum atomic E-state index is 12.7. The van der Waals surface area contributed by atoms with Crippen molar-refractivity contribution in [2.24, 2.45) is 0 Å². The van der Waals surface area contributed by atoms with Crippen molar-refractivity contribution in [1.29, 1.82) is 0 Å². The van der Waals surface area contributed by atoms with Gasteiger partial charge in [0.2, 0.25) is 11.8 Å². The van der Waals surface area contributed by atoms with Crippen molar-refractivity contribution in [2.45, 2.75) is 82.3 Å². The van der Waals surface area contributed by atoms with Crippen LogP contribution >= 0.6 is 0 Å². The van der Waals surface area contributed by atoms with Gasteiger partial charge in [-0.1, -0.05) is 32.1 Å². The second-order valence-corrected chi connectivity index (χ2v) is 7.48. The Labute approximate surface area is 139 Å². The first kappa shape index (κ1) is 16.7. The van der Waals surface area contributed by atoms with Crippen molar-refractivity contribution in [3.63, 3.8) is 0 Å². The molecule has 5 heteroatoms. The summed E-state index contributed by atoms with van der Waals surface area (Å²) in [7, 11) is 1.93. The van der Waals surface area contributed by atoms with E-state index in [1.807, 2.05) is 11.9 Å². The van der Waals surface area contributed by atoms with Gasteiger partial charge in [-0.3, -0.25) is 14.5 Å². The third kappa shape index (κ3) is 3.87. The molecule has 1 N–H and O–H groups in total. The van der Waals surface area contributed by atoms with Gasteiger partial charge < -0.3 is 10.2 Å². The average Bonchev–Trinajstić information content (AvgIpc) is 3.11. The standard InChI is InChI=1S/C18H31N3O2/c1-20(14-7-3-2-4-8-14)17(22)13-16-18(23)19-11-12-21(16)15-9-5-6-10-15/h14-16H,2-13H2,1H3,(H,19,23)/t16-/m1/s1. The van der Waals surface area contributed by atoms with Crippen LogP contribution in [0.3, 0.4) is 0 Å². The molecule has 23 heavy (non-hydrogen) atoms. The fourth-order valence-corrected chi connectivity index (χ4v) is 4.60. The molecule has 5 nitrogen and oxygen atoms in total. The Kier molecular flexibility index (Phi) is 5.57. The van der Waals surface area contributed by atoms with E-state index in [0.717, 1.165) is 25.9 Å². The molecule has 0 bridgehead atoms. The minimum atomic E-state index is -0.259. The molecule has 2 saturated carbocycles. The van der Waals surface area contributed by atoms with Gasteiger partial charge in [0.15, 0.2) is 0 Å². The van der Waals surface area contributed by atoms with Gasteiger partial charge in [0, 0.05) is 32.2 Å². The van der Waals surface area contributed by atoms with Gasteiger partial charge in [0.05, 0.1) is 12.5 Å². The largest absolute Gasteiger partial charge is 0.353 e. The summed E-state index contributed by atoms with van der Waals surface area (Å²) in [6, 6.07) is 0.618. The third-order valence-electron chi connectivity index (χ3n) is 6.05. The summed E-state index contributed by atoms with van der Waals surface area (Å²) in [5.74, 6) is 0.190. The van der Waals surface area contributed by atoms with E-state index >= 15 is 0 Å². The minimum Gasteiger partial charge on any atom is -0.353 e. The molecule has 0 aromatic carbocycles. The lowest BCUT2D eigenvalue weighted by molar-refractivity contribution is -0.140. The van der Waals surface area contributed by atoms with E-state index in [4.69, 9.17) is 0 Å². The number of carbonyl (C=O) groups excluding carboxylic acids is 2. The SMILES string of the molecule is CN(C(=O)C[C@@H]1C(=O)NCCN1C1CCCC1)C1CCCCC1. The molecule has 0 aromatic heterocycles. The highest BCUT2D eigenvalue weighted by atomic mass is 16.2. The van der Waals surface area contributed by atoms with E-state index in [-0.39, 0.29) is 17.9 Å². The first-order valence-corrected chi connectivity index (χ1v) is 9.46. The Bertz CT molecular complexity index is 428. The molecule has 130 valence electrons. The Morgan fingerprint density at radius 3 is 2.48 bits per heavy atom. The number of nitrogens with one attached hydrogen (secondary N) is 1. The lowest BCUT2D eigenvalue weighted by Gasteiger charge is -2.40. The highest BCUT2D eigenvalue weighted by molar-refractivity contribution is 5.89. The van der Waals surface area contributed by atoms with Gasteiger partial charge in [0.1, 0.15) is 0 Å². The van der Waals surface area contributed by atoms with Crippen LogP contribution in [0.5, 0.6) is 0 Å². The van der Waals surface area contributed by atoms with Crippen molar-refractivity contribution in [1.82, 2.24) is 15.1 Å². The predicted octanol–water partition coefficient (Wildman–Crippen LogP) is 1.91. The quantitative estimate of drug-likeness (QED) is 0.860. The van der Waals surface area contributed by atoms with E-state index in [1.54, 1.807) is 0 Å². The van der Waals surface area contributed by atoms with Gasteiger partial charge in [-0.2, -0.15) is 0 Å². The molecule has 1 heterocycles. The molecule has 3 aliphatic rings. The van der Waals surface area contributed by atoms with Crippen LogP contribution in [0.2, 0.25) is 0 Å². The van der Waals surface area contributed by atoms with Crippen molar-refractivity contribution in [3.8, 4) is 0 Å². The smallest absolute Gasteiger partial charge is 0.237 e. The molecule has 0 aromatic rings. The highest BCUT2D eigenvalue weighted by Gasteiger charge is 2.37. The van der Waals surface area contributed by atoms with Crippen LogP contribution in [0.1, 0.15) is 64.2 Å². The Hall–Kier alpha value is -1.10. The first-order valence-electron chi connectivity index (χ1n) is 9.46. The zero-order valence-electron chi connectivity index (χ0n) is 14.4. The van der Waals surface area contributed by atoms with Gasteiger partial charge in [-0.05, 0) is 25.7 Å². The van der Waals surface area contributed by atoms with Crippen molar-refractivity contribution >= 4 is 11.8 Å². The monoisotopic (exact) mass is 321 g/mol. The molecule has 0 radical (unpaired) electrons. The summed E-state index contributed by atoms with van der Waals surface area (Å²) in [4.78, 5) is 29.4. The zero-order valence-corrected chi connectivity index (χ0v) is 14.4. The topological polar surface area (TPSA) is 52.7 Å². The van der Waals surface area contributed by atoms with Gasteiger partial charge in [0.25, 0.3) is 0 Å². The molecule has 3 fully saturated rings. The molecule has 1 saturated heterocycles. The molecular weight excluding hydrogens is 290 g/mol. The molecule has 3 rings (SSSR count). The lowest BCUT2D eigenvalue weighted by Crippen LogP contribution is -2.59. The van der Waals surface area contributed by atoms with Crippen molar-refractivity contribution in [2.75, 3.05) is 20.1 Å². The summed E-state index contributed by atoms with van der Waals surface area (Å²) in [5, 5.41) is 2.96. The lowest BCUT2D eigenvalue weighted by atomic mass is 9.94. The molecule has 2 aliphatic carbocycles. The summed E-state index contributed by atoms with van der Waals surface area (Å²) < 4.78 is 0. The number of nitrogens with zero attached hydrogens (tertiary/aromatic N) is 2. The summed E-state index contributed by atoms with van der Waals surface area (Å²) >= 11 is 0. The average molecular weight is 321 g/mol. The van der Waals surface area contributed by atoms with E-state index in [1.165, 1.54) is 44.9 Å². The maximum Gasteiger partial charge on any atom is 0.237 e. The Morgan fingerprint density at radius 2 is 1.78 bits per heavy atom.